The standard InChI is InChI=1S/C16H28N2O3/c1-11(2)8-13-10-21-7-6-18(13)15(19)4-5-17-16(20)14-9-12(14)3/h11-14H,4-10H2,1-3H3,(H,17,20)/t12-,13-,14-/m1/s1. The maximum Gasteiger partial charge on any atom is 0.224 e. The minimum Gasteiger partial charge on any atom is -0.377 e. The average molecular weight is 296 g/mol. The fourth-order valence-electron chi connectivity index (χ4n) is 2.98. The Labute approximate surface area is 127 Å². The van der Waals surface area contributed by atoms with Crippen molar-refractivity contribution in [1.29, 1.82) is 0 Å². The molecule has 0 unspecified atom stereocenters. The molecular weight excluding hydrogens is 268 g/mol. The zero-order valence-electron chi connectivity index (χ0n) is 13.4. The molecule has 1 saturated carbocycles. The molecule has 5 heteroatoms. The summed E-state index contributed by atoms with van der Waals surface area (Å²) in [6.07, 6.45) is 2.35. The molecule has 0 aromatic rings. The smallest absolute Gasteiger partial charge is 0.224 e. The van der Waals surface area contributed by atoms with Gasteiger partial charge in [-0.15, -0.1) is 0 Å². The van der Waals surface area contributed by atoms with Gasteiger partial charge in [0.05, 0.1) is 19.3 Å². The number of ether oxygens (including phenoxy) is 1. The lowest BCUT2D eigenvalue weighted by atomic mass is 10.0. The van der Waals surface area contributed by atoms with Crippen LogP contribution in [0.1, 0.15) is 40.0 Å². The lowest BCUT2D eigenvalue weighted by Crippen LogP contribution is -2.49. The predicted molar refractivity (Wildman–Crippen MR) is 80.7 cm³/mol. The highest BCUT2D eigenvalue weighted by molar-refractivity contribution is 5.82. The molecule has 3 atom stereocenters. The molecular formula is C16H28N2O3. The van der Waals surface area contributed by atoms with E-state index in [0.29, 0.717) is 44.6 Å². The molecule has 2 aliphatic rings. The van der Waals surface area contributed by atoms with Crippen LogP contribution in [-0.2, 0) is 14.3 Å². The summed E-state index contributed by atoms with van der Waals surface area (Å²) < 4.78 is 5.49. The molecule has 0 bridgehead atoms. The number of hydrogen-bond donors (Lipinski definition) is 1. The van der Waals surface area contributed by atoms with Gasteiger partial charge in [-0.25, -0.2) is 0 Å². The molecule has 2 rings (SSSR count). The predicted octanol–water partition coefficient (Wildman–Crippen LogP) is 1.42. The van der Waals surface area contributed by atoms with E-state index in [1.54, 1.807) is 0 Å². The summed E-state index contributed by atoms with van der Waals surface area (Å²) in [5, 5.41) is 2.88. The number of morpholine rings is 1. The van der Waals surface area contributed by atoms with Crippen LogP contribution >= 0.6 is 0 Å². The number of amides is 2. The summed E-state index contributed by atoms with van der Waals surface area (Å²) in [4.78, 5) is 26.0. The van der Waals surface area contributed by atoms with Gasteiger partial charge in [0.15, 0.2) is 0 Å². The van der Waals surface area contributed by atoms with E-state index in [1.165, 1.54) is 0 Å². The molecule has 2 fully saturated rings. The molecule has 1 aliphatic heterocycles. The third-order valence-corrected chi connectivity index (χ3v) is 4.38. The fraction of sp³-hybridized carbons (Fsp3) is 0.875. The summed E-state index contributed by atoms with van der Waals surface area (Å²) >= 11 is 0. The Bertz CT molecular complexity index is 384. The molecule has 1 N–H and O–H groups in total. The first-order chi connectivity index (χ1) is 9.99. The molecule has 21 heavy (non-hydrogen) atoms. The van der Waals surface area contributed by atoms with Crippen molar-refractivity contribution >= 4 is 11.8 Å². The van der Waals surface area contributed by atoms with E-state index in [4.69, 9.17) is 4.74 Å². The van der Waals surface area contributed by atoms with Gasteiger partial charge >= 0.3 is 0 Å². The SMILES string of the molecule is CC(C)C[C@@H]1COCCN1C(=O)CCNC(=O)[C@@H]1C[C@H]1C. The second-order valence-electron chi connectivity index (χ2n) is 6.81. The Kier molecular flexibility index (Phi) is 5.62. The minimum absolute atomic E-state index is 0.107. The van der Waals surface area contributed by atoms with Gasteiger partial charge < -0.3 is 15.0 Å². The van der Waals surface area contributed by atoms with Crippen molar-refractivity contribution in [3.05, 3.63) is 0 Å². The first-order valence-electron chi connectivity index (χ1n) is 8.14. The summed E-state index contributed by atoms with van der Waals surface area (Å²) in [5.41, 5.74) is 0. The van der Waals surface area contributed by atoms with Crippen molar-refractivity contribution in [2.75, 3.05) is 26.3 Å². The number of hydrogen-bond acceptors (Lipinski definition) is 3. The summed E-state index contributed by atoms with van der Waals surface area (Å²) in [7, 11) is 0. The second kappa shape index (κ2) is 7.25. The van der Waals surface area contributed by atoms with Gasteiger partial charge in [-0.3, -0.25) is 9.59 Å². The molecule has 0 spiro atoms. The highest BCUT2D eigenvalue weighted by Gasteiger charge is 2.38. The number of nitrogens with zero attached hydrogens (tertiary/aromatic N) is 1. The number of nitrogens with one attached hydrogen (secondary N) is 1. The zero-order chi connectivity index (χ0) is 15.4. The largest absolute Gasteiger partial charge is 0.377 e. The van der Waals surface area contributed by atoms with Crippen LogP contribution in [0.5, 0.6) is 0 Å². The van der Waals surface area contributed by atoms with E-state index in [-0.39, 0.29) is 23.8 Å². The molecule has 0 aromatic heterocycles. The van der Waals surface area contributed by atoms with E-state index < -0.39 is 0 Å². The Hall–Kier alpha value is -1.10. The first-order valence-corrected chi connectivity index (χ1v) is 8.14. The first kappa shape index (κ1) is 16.3. The fourth-order valence-corrected chi connectivity index (χ4v) is 2.98. The maximum absolute atomic E-state index is 12.3. The van der Waals surface area contributed by atoms with Crippen LogP contribution in [0, 0.1) is 17.8 Å². The van der Waals surface area contributed by atoms with Gasteiger partial charge in [0, 0.05) is 25.4 Å². The third kappa shape index (κ3) is 4.70. The van der Waals surface area contributed by atoms with Crippen LogP contribution in [0.4, 0.5) is 0 Å². The van der Waals surface area contributed by atoms with E-state index in [9.17, 15) is 9.59 Å². The van der Waals surface area contributed by atoms with Crippen molar-refractivity contribution in [2.24, 2.45) is 17.8 Å². The van der Waals surface area contributed by atoms with Gasteiger partial charge in [-0.2, -0.15) is 0 Å². The quantitative estimate of drug-likeness (QED) is 0.806. The van der Waals surface area contributed by atoms with Crippen molar-refractivity contribution in [3.63, 3.8) is 0 Å². The van der Waals surface area contributed by atoms with E-state index in [1.807, 2.05) is 4.90 Å². The van der Waals surface area contributed by atoms with Crippen molar-refractivity contribution in [3.8, 4) is 0 Å². The Balaban J connectivity index is 1.73. The highest BCUT2D eigenvalue weighted by atomic mass is 16.5. The van der Waals surface area contributed by atoms with Crippen LogP contribution in [-0.4, -0.2) is 49.1 Å². The topological polar surface area (TPSA) is 58.6 Å². The van der Waals surface area contributed by atoms with Gasteiger partial charge in [0.25, 0.3) is 0 Å². The van der Waals surface area contributed by atoms with E-state index in [2.05, 4.69) is 26.1 Å². The molecule has 1 aliphatic carbocycles. The molecule has 0 radical (unpaired) electrons. The maximum atomic E-state index is 12.3. The number of carbonyl (C=O) groups excluding carboxylic acids is 2. The molecule has 120 valence electrons. The molecule has 5 nitrogen and oxygen atoms in total. The Morgan fingerprint density at radius 2 is 2.10 bits per heavy atom. The zero-order valence-corrected chi connectivity index (χ0v) is 13.4. The normalized spacial score (nSPS) is 28.6. The molecule has 2 amide bonds. The number of rotatable bonds is 6. The Morgan fingerprint density at radius 1 is 1.38 bits per heavy atom. The van der Waals surface area contributed by atoms with Gasteiger partial charge in [0.2, 0.25) is 11.8 Å². The summed E-state index contributed by atoms with van der Waals surface area (Å²) in [5.74, 6) is 1.47. The van der Waals surface area contributed by atoms with Gasteiger partial charge in [-0.05, 0) is 24.7 Å². The van der Waals surface area contributed by atoms with Crippen LogP contribution in [0.3, 0.4) is 0 Å². The van der Waals surface area contributed by atoms with E-state index in [0.717, 1.165) is 12.8 Å². The Morgan fingerprint density at radius 3 is 2.71 bits per heavy atom. The van der Waals surface area contributed by atoms with Gasteiger partial charge in [0.1, 0.15) is 0 Å². The lowest BCUT2D eigenvalue weighted by Gasteiger charge is -2.36. The summed E-state index contributed by atoms with van der Waals surface area (Å²) in [6, 6.07) is 0.186. The molecule has 1 saturated heterocycles. The second-order valence-corrected chi connectivity index (χ2v) is 6.81. The monoisotopic (exact) mass is 296 g/mol. The highest BCUT2D eigenvalue weighted by Crippen LogP contribution is 2.37. The minimum atomic E-state index is 0.107. The average Bonchev–Trinajstić information content (AvgIpc) is 3.15. The van der Waals surface area contributed by atoms with Crippen LogP contribution in [0.15, 0.2) is 0 Å². The molecule has 1 heterocycles. The lowest BCUT2D eigenvalue weighted by molar-refractivity contribution is -0.140. The van der Waals surface area contributed by atoms with Crippen molar-refractivity contribution in [1.82, 2.24) is 10.2 Å². The van der Waals surface area contributed by atoms with Crippen molar-refractivity contribution < 1.29 is 14.3 Å². The van der Waals surface area contributed by atoms with Crippen LogP contribution < -0.4 is 5.32 Å². The summed E-state index contributed by atoms with van der Waals surface area (Å²) in [6.45, 7) is 8.78. The van der Waals surface area contributed by atoms with E-state index >= 15 is 0 Å². The molecule has 0 aromatic carbocycles. The van der Waals surface area contributed by atoms with Crippen LogP contribution in [0.2, 0.25) is 0 Å². The van der Waals surface area contributed by atoms with Gasteiger partial charge in [-0.1, -0.05) is 20.8 Å². The third-order valence-electron chi connectivity index (χ3n) is 4.38. The van der Waals surface area contributed by atoms with Crippen LogP contribution in [0.25, 0.3) is 0 Å². The number of carbonyl (C=O) groups is 2. The van der Waals surface area contributed by atoms with Crippen molar-refractivity contribution in [2.45, 2.75) is 46.1 Å².